The SMILES string of the molecule is O=S(=O)(NCCc1csc(-n2cccn2)n1)c1ccc(OC(F)(F)F)cc1. The molecule has 1 N–H and O–H groups in total. The van der Waals surface area contributed by atoms with Gasteiger partial charge >= 0.3 is 6.36 Å². The molecule has 0 fully saturated rings. The van der Waals surface area contributed by atoms with Crippen molar-refractivity contribution in [3.05, 3.63) is 53.8 Å². The second-order valence-corrected chi connectivity index (χ2v) is 7.84. The summed E-state index contributed by atoms with van der Waals surface area (Å²) < 4.78 is 68.5. The average molecular weight is 418 g/mol. The first-order valence-electron chi connectivity index (χ1n) is 7.53. The molecule has 0 radical (unpaired) electrons. The quantitative estimate of drug-likeness (QED) is 0.638. The standard InChI is InChI=1S/C15H13F3N4O3S2/c16-15(17,18)25-12-2-4-13(5-3-12)27(23,24)20-8-6-11-10-26-14(21-11)22-9-1-7-19-22/h1-5,7,9-10,20H,6,8H2. The van der Waals surface area contributed by atoms with Gasteiger partial charge in [0, 0.05) is 30.7 Å². The van der Waals surface area contributed by atoms with E-state index in [0.717, 1.165) is 24.3 Å². The molecule has 1 aromatic carbocycles. The minimum absolute atomic E-state index is 0.0887. The summed E-state index contributed by atoms with van der Waals surface area (Å²) in [6, 6.07) is 5.74. The molecular weight excluding hydrogens is 405 g/mol. The molecule has 0 amide bonds. The first-order chi connectivity index (χ1) is 12.7. The van der Waals surface area contributed by atoms with Crippen molar-refractivity contribution in [1.82, 2.24) is 19.5 Å². The van der Waals surface area contributed by atoms with E-state index in [9.17, 15) is 21.6 Å². The van der Waals surface area contributed by atoms with Crippen LogP contribution in [-0.4, -0.2) is 36.1 Å². The van der Waals surface area contributed by atoms with E-state index in [0.29, 0.717) is 17.2 Å². The van der Waals surface area contributed by atoms with Crippen molar-refractivity contribution in [2.75, 3.05) is 6.54 Å². The second-order valence-electron chi connectivity index (χ2n) is 5.24. The average Bonchev–Trinajstić information content (AvgIpc) is 3.25. The Kier molecular flexibility index (Phi) is 5.48. The molecule has 0 saturated carbocycles. The summed E-state index contributed by atoms with van der Waals surface area (Å²) in [5.74, 6) is -0.491. The third kappa shape index (κ3) is 5.28. The van der Waals surface area contributed by atoms with Gasteiger partial charge in [0.2, 0.25) is 15.2 Å². The summed E-state index contributed by atoms with van der Waals surface area (Å²) in [4.78, 5) is 4.19. The Hall–Kier alpha value is -2.44. The van der Waals surface area contributed by atoms with Crippen molar-refractivity contribution in [3.8, 4) is 10.9 Å². The van der Waals surface area contributed by atoms with Crippen LogP contribution in [0.15, 0.2) is 53.0 Å². The first-order valence-corrected chi connectivity index (χ1v) is 9.89. The van der Waals surface area contributed by atoms with Gasteiger partial charge in [0.25, 0.3) is 0 Å². The van der Waals surface area contributed by atoms with E-state index in [1.54, 1.807) is 28.5 Å². The Morgan fingerprint density at radius 1 is 1.22 bits per heavy atom. The van der Waals surface area contributed by atoms with Crippen LogP contribution in [-0.2, 0) is 16.4 Å². The lowest BCUT2D eigenvalue weighted by Gasteiger charge is -2.10. The summed E-state index contributed by atoms with van der Waals surface area (Å²) in [5.41, 5.74) is 0.696. The van der Waals surface area contributed by atoms with Crippen LogP contribution < -0.4 is 9.46 Å². The van der Waals surface area contributed by atoms with E-state index < -0.39 is 22.1 Å². The Labute approximate surface area is 156 Å². The highest BCUT2D eigenvalue weighted by Crippen LogP contribution is 2.23. The van der Waals surface area contributed by atoms with Crippen LogP contribution in [0.1, 0.15) is 5.69 Å². The maximum absolute atomic E-state index is 12.2. The molecule has 2 heterocycles. The molecule has 144 valence electrons. The summed E-state index contributed by atoms with van der Waals surface area (Å²) in [5, 5.41) is 6.53. The van der Waals surface area contributed by atoms with E-state index in [2.05, 4.69) is 19.5 Å². The van der Waals surface area contributed by atoms with Crippen LogP contribution in [0.3, 0.4) is 0 Å². The Balaban J connectivity index is 1.57. The van der Waals surface area contributed by atoms with Crippen molar-refractivity contribution in [2.24, 2.45) is 0 Å². The van der Waals surface area contributed by atoms with Crippen molar-refractivity contribution in [2.45, 2.75) is 17.7 Å². The number of nitrogens with one attached hydrogen (secondary N) is 1. The maximum Gasteiger partial charge on any atom is 0.573 e. The van der Waals surface area contributed by atoms with E-state index >= 15 is 0 Å². The number of halogens is 3. The Morgan fingerprint density at radius 3 is 2.59 bits per heavy atom. The largest absolute Gasteiger partial charge is 0.573 e. The number of rotatable bonds is 7. The lowest BCUT2D eigenvalue weighted by atomic mass is 10.3. The fourth-order valence-corrected chi connectivity index (χ4v) is 3.95. The van der Waals surface area contributed by atoms with Gasteiger partial charge in [-0.2, -0.15) is 5.10 Å². The number of nitrogens with zero attached hydrogens (tertiary/aromatic N) is 3. The molecule has 0 aliphatic heterocycles. The van der Waals surface area contributed by atoms with Crippen LogP contribution in [0.4, 0.5) is 13.2 Å². The van der Waals surface area contributed by atoms with Gasteiger partial charge < -0.3 is 4.74 Å². The van der Waals surface area contributed by atoms with Crippen molar-refractivity contribution < 1.29 is 26.3 Å². The summed E-state index contributed by atoms with van der Waals surface area (Å²) in [6.45, 7) is 0.0887. The number of ether oxygens (including phenoxy) is 1. The molecule has 2 aromatic heterocycles. The number of alkyl halides is 3. The topological polar surface area (TPSA) is 86.1 Å². The van der Waals surface area contributed by atoms with Gasteiger partial charge in [-0.15, -0.1) is 24.5 Å². The molecule has 3 rings (SSSR count). The fourth-order valence-electron chi connectivity index (χ4n) is 2.12. The minimum atomic E-state index is -4.83. The lowest BCUT2D eigenvalue weighted by molar-refractivity contribution is -0.274. The molecule has 0 saturated heterocycles. The summed E-state index contributed by atoms with van der Waals surface area (Å²) in [7, 11) is -3.86. The molecular formula is C15H13F3N4O3S2. The Morgan fingerprint density at radius 2 is 1.96 bits per heavy atom. The normalized spacial score (nSPS) is 12.3. The lowest BCUT2D eigenvalue weighted by Crippen LogP contribution is -2.26. The molecule has 0 atom stereocenters. The van der Waals surface area contributed by atoms with Crippen LogP contribution in [0.2, 0.25) is 0 Å². The van der Waals surface area contributed by atoms with Crippen molar-refractivity contribution >= 4 is 21.4 Å². The van der Waals surface area contributed by atoms with Gasteiger partial charge in [-0.3, -0.25) is 0 Å². The molecule has 0 aliphatic carbocycles. The second kappa shape index (κ2) is 7.66. The molecule has 7 nitrogen and oxygen atoms in total. The zero-order chi connectivity index (χ0) is 19.5. The van der Waals surface area contributed by atoms with Crippen LogP contribution in [0.5, 0.6) is 5.75 Å². The molecule has 0 spiro atoms. The molecule has 27 heavy (non-hydrogen) atoms. The third-order valence-electron chi connectivity index (χ3n) is 3.28. The van der Waals surface area contributed by atoms with Crippen LogP contribution in [0, 0.1) is 0 Å². The molecule has 3 aromatic rings. The van der Waals surface area contributed by atoms with E-state index in [1.165, 1.54) is 11.3 Å². The Bertz CT molecular complexity index is 984. The summed E-state index contributed by atoms with van der Waals surface area (Å²) in [6.07, 6.45) is -1.11. The van der Waals surface area contributed by atoms with Crippen molar-refractivity contribution in [1.29, 1.82) is 0 Å². The van der Waals surface area contributed by atoms with Gasteiger partial charge in [0.15, 0.2) is 0 Å². The number of thiazole rings is 1. The monoisotopic (exact) mass is 418 g/mol. The summed E-state index contributed by atoms with van der Waals surface area (Å²) >= 11 is 1.37. The predicted octanol–water partition coefficient (Wildman–Crippen LogP) is 2.75. The highest BCUT2D eigenvalue weighted by molar-refractivity contribution is 7.89. The number of hydrogen-bond acceptors (Lipinski definition) is 6. The molecule has 0 aliphatic rings. The highest BCUT2D eigenvalue weighted by atomic mass is 32.2. The van der Waals surface area contributed by atoms with Crippen LogP contribution >= 0.6 is 11.3 Å². The van der Waals surface area contributed by atoms with Gasteiger partial charge in [-0.25, -0.2) is 22.8 Å². The van der Waals surface area contributed by atoms with Gasteiger partial charge in [-0.1, -0.05) is 0 Å². The van der Waals surface area contributed by atoms with Gasteiger partial charge in [0.05, 0.1) is 10.6 Å². The third-order valence-corrected chi connectivity index (χ3v) is 5.64. The van der Waals surface area contributed by atoms with E-state index in [4.69, 9.17) is 0 Å². The number of hydrogen-bond donors (Lipinski definition) is 1. The van der Waals surface area contributed by atoms with Crippen molar-refractivity contribution in [3.63, 3.8) is 0 Å². The minimum Gasteiger partial charge on any atom is -0.406 e. The van der Waals surface area contributed by atoms with E-state index in [1.807, 2.05) is 0 Å². The number of benzene rings is 1. The predicted molar refractivity (Wildman–Crippen MR) is 91.3 cm³/mol. The van der Waals surface area contributed by atoms with Crippen LogP contribution in [0.25, 0.3) is 5.13 Å². The van der Waals surface area contributed by atoms with E-state index in [-0.39, 0.29) is 11.4 Å². The number of sulfonamides is 1. The van der Waals surface area contributed by atoms with Gasteiger partial charge in [-0.05, 0) is 30.3 Å². The smallest absolute Gasteiger partial charge is 0.406 e. The fraction of sp³-hybridized carbons (Fsp3) is 0.200. The van der Waals surface area contributed by atoms with Gasteiger partial charge in [0.1, 0.15) is 5.75 Å². The zero-order valence-corrected chi connectivity index (χ0v) is 15.2. The number of aromatic nitrogens is 3. The molecule has 0 unspecified atom stereocenters. The zero-order valence-electron chi connectivity index (χ0n) is 13.5. The maximum atomic E-state index is 12.2. The highest BCUT2D eigenvalue weighted by Gasteiger charge is 2.31. The first kappa shape index (κ1) is 19.3. The molecule has 12 heteroatoms. The molecule has 0 bridgehead atoms.